The quantitative estimate of drug-likeness (QED) is 0.915. The number of likely N-dealkylation sites (tertiary alicyclic amines) is 1. The van der Waals surface area contributed by atoms with E-state index >= 15 is 0 Å². The van der Waals surface area contributed by atoms with Gasteiger partial charge in [0.1, 0.15) is 0 Å². The van der Waals surface area contributed by atoms with E-state index in [1.807, 2.05) is 48.4 Å². The summed E-state index contributed by atoms with van der Waals surface area (Å²) in [7, 11) is 0. The number of carbonyl (C=O) groups excluding carboxylic acids is 1. The number of rotatable bonds is 5. The lowest BCUT2D eigenvalue weighted by atomic mass is 10.2. The van der Waals surface area contributed by atoms with Crippen molar-refractivity contribution >= 4 is 5.91 Å². The van der Waals surface area contributed by atoms with Crippen LogP contribution in [0.4, 0.5) is 0 Å². The second kappa shape index (κ2) is 8.06. The third kappa shape index (κ3) is 4.20. The van der Waals surface area contributed by atoms with Crippen molar-refractivity contribution in [2.45, 2.75) is 38.6 Å². The molecule has 2 aromatic rings. The zero-order valence-corrected chi connectivity index (χ0v) is 14.2. The molecule has 24 heavy (non-hydrogen) atoms. The lowest BCUT2D eigenvalue weighted by Crippen LogP contribution is -2.39. The summed E-state index contributed by atoms with van der Waals surface area (Å²) in [5.41, 5.74) is 1.81. The summed E-state index contributed by atoms with van der Waals surface area (Å²) in [6, 6.07) is 9.87. The molecule has 6 nitrogen and oxygen atoms in total. The van der Waals surface area contributed by atoms with Crippen molar-refractivity contribution in [2.75, 3.05) is 19.6 Å². The molecular formula is C18H25N5O. The van der Waals surface area contributed by atoms with Gasteiger partial charge < -0.3 is 10.2 Å². The normalized spacial score (nSPS) is 16.6. The molecule has 0 bridgehead atoms. The highest BCUT2D eigenvalue weighted by Gasteiger charge is 2.17. The van der Waals surface area contributed by atoms with Crippen LogP contribution < -0.4 is 5.32 Å². The fourth-order valence-electron chi connectivity index (χ4n) is 2.96. The van der Waals surface area contributed by atoms with Crippen LogP contribution >= 0.6 is 0 Å². The maximum Gasteiger partial charge on any atom is 0.236 e. The fraction of sp³-hybridized carbons (Fsp3) is 0.500. The first kappa shape index (κ1) is 16.6. The SMILES string of the molecule is C[C@H](NCC(=O)N1CCCCCC1)c1cn(-c2ccccc2)nn1. The molecular weight excluding hydrogens is 302 g/mol. The van der Waals surface area contributed by atoms with Crippen LogP contribution in [-0.4, -0.2) is 45.4 Å². The van der Waals surface area contributed by atoms with Crippen molar-refractivity contribution in [1.82, 2.24) is 25.2 Å². The highest BCUT2D eigenvalue weighted by atomic mass is 16.2. The van der Waals surface area contributed by atoms with Gasteiger partial charge in [0.25, 0.3) is 0 Å². The van der Waals surface area contributed by atoms with E-state index in [1.54, 1.807) is 4.68 Å². The molecule has 1 amide bonds. The van der Waals surface area contributed by atoms with Gasteiger partial charge in [0.15, 0.2) is 0 Å². The van der Waals surface area contributed by atoms with Crippen molar-refractivity contribution < 1.29 is 4.79 Å². The highest BCUT2D eigenvalue weighted by Crippen LogP contribution is 2.13. The van der Waals surface area contributed by atoms with Gasteiger partial charge in [0, 0.05) is 13.1 Å². The Balaban J connectivity index is 1.54. The predicted molar refractivity (Wildman–Crippen MR) is 92.8 cm³/mol. The zero-order chi connectivity index (χ0) is 16.8. The largest absolute Gasteiger partial charge is 0.342 e. The molecule has 1 atom stereocenters. The fourth-order valence-corrected chi connectivity index (χ4v) is 2.96. The van der Waals surface area contributed by atoms with Gasteiger partial charge >= 0.3 is 0 Å². The summed E-state index contributed by atoms with van der Waals surface area (Å²) in [5.74, 6) is 0.180. The van der Waals surface area contributed by atoms with Gasteiger partial charge in [-0.15, -0.1) is 5.10 Å². The average molecular weight is 327 g/mol. The van der Waals surface area contributed by atoms with E-state index in [9.17, 15) is 4.79 Å². The van der Waals surface area contributed by atoms with Gasteiger partial charge in [0.2, 0.25) is 5.91 Å². The van der Waals surface area contributed by atoms with Crippen LogP contribution in [0.5, 0.6) is 0 Å². The first-order valence-corrected chi connectivity index (χ1v) is 8.73. The molecule has 1 aromatic heterocycles. The van der Waals surface area contributed by atoms with Crippen LogP contribution in [0.15, 0.2) is 36.5 Å². The Bertz CT molecular complexity index is 646. The number of benzene rings is 1. The van der Waals surface area contributed by atoms with E-state index in [1.165, 1.54) is 12.8 Å². The molecule has 0 aliphatic carbocycles. The van der Waals surface area contributed by atoms with E-state index in [0.717, 1.165) is 37.3 Å². The van der Waals surface area contributed by atoms with Crippen molar-refractivity contribution in [3.63, 3.8) is 0 Å². The number of hydrogen-bond donors (Lipinski definition) is 1. The number of amides is 1. The standard InChI is InChI=1S/C18H25N5O/c1-15(19-13-18(24)22-11-7-2-3-8-12-22)17-14-23(21-20-17)16-9-5-4-6-10-16/h4-6,9-10,14-15,19H,2-3,7-8,11-13H2,1H3/t15-/m0/s1. The molecule has 128 valence electrons. The minimum absolute atomic E-state index is 0.0154. The molecule has 1 N–H and O–H groups in total. The second-order valence-electron chi connectivity index (χ2n) is 6.32. The topological polar surface area (TPSA) is 63.1 Å². The molecule has 0 unspecified atom stereocenters. The number of carbonyl (C=O) groups is 1. The second-order valence-corrected chi connectivity index (χ2v) is 6.32. The minimum atomic E-state index is -0.0154. The van der Waals surface area contributed by atoms with Crippen LogP contribution in [0.2, 0.25) is 0 Å². The van der Waals surface area contributed by atoms with Crippen LogP contribution in [0.1, 0.15) is 44.3 Å². The molecule has 0 saturated carbocycles. The van der Waals surface area contributed by atoms with Gasteiger partial charge in [-0.05, 0) is 31.9 Å². The third-order valence-corrected chi connectivity index (χ3v) is 4.49. The average Bonchev–Trinajstić information content (AvgIpc) is 2.96. The van der Waals surface area contributed by atoms with E-state index in [2.05, 4.69) is 15.6 Å². The molecule has 1 fully saturated rings. The predicted octanol–water partition coefficient (Wildman–Crippen LogP) is 2.32. The summed E-state index contributed by atoms with van der Waals surface area (Å²) in [4.78, 5) is 14.3. The van der Waals surface area contributed by atoms with Gasteiger partial charge in [-0.2, -0.15) is 0 Å². The van der Waals surface area contributed by atoms with Crippen LogP contribution in [-0.2, 0) is 4.79 Å². The summed E-state index contributed by atoms with van der Waals surface area (Å²) >= 11 is 0. The molecule has 6 heteroatoms. The lowest BCUT2D eigenvalue weighted by Gasteiger charge is -2.21. The highest BCUT2D eigenvalue weighted by molar-refractivity contribution is 5.78. The summed E-state index contributed by atoms with van der Waals surface area (Å²) in [6.07, 6.45) is 6.61. The Kier molecular flexibility index (Phi) is 5.59. The molecule has 0 spiro atoms. The molecule has 3 rings (SSSR count). The first-order chi connectivity index (χ1) is 11.7. The monoisotopic (exact) mass is 327 g/mol. The Morgan fingerprint density at radius 2 is 1.88 bits per heavy atom. The lowest BCUT2D eigenvalue weighted by molar-refractivity contribution is -0.130. The van der Waals surface area contributed by atoms with Crippen LogP contribution in [0.3, 0.4) is 0 Å². The summed E-state index contributed by atoms with van der Waals surface area (Å²) < 4.78 is 1.75. The molecule has 1 aliphatic rings. The number of para-hydroxylation sites is 1. The van der Waals surface area contributed by atoms with Crippen molar-refractivity contribution in [3.05, 3.63) is 42.2 Å². The molecule has 1 saturated heterocycles. The van der Waals surface area contributed by atoms with E-state index in [0.29, 0.717) is 6.54 Å². The Labute approximate surface area is 142 Å². The van der Waals surface area contributed by atoms with E-state index in [4.69, 9.17) is 0 Å². The molecule has 1 aliphatic heterocycles. The zero-order valence-electron chi connectivity index (χ0n) is 14.2. The number of nitrogens with one attached hydrogen (secondary N) is 1. The van der Waals surface area contributed by atoms with Crippen molar-refractivity contribution in [2.24, 2.45) is 0 Å². The smallest absolute Gasteiger partial charge is 0.236 e. The maximum absolute atomic E-state index is 12.3. The Morgan fingerprint density at radius 3 is 2.58 bits per heavy atom. The first-order valence-electron chi connectivity index (χ1n) is 8.73. The van der Waals surface area contributed by atoms with Crippen LogP contribution in [0.25, 0.3) is 5.69 Å². The van der Waals surface area contributed by atoms with Crippen molar-refractivity contribution in [1.29, 1.82) is 0 Å². The van der Waals surface area contributed by atoms with Crippen molar-refractivity contribution in [3.8, 4) is 5.69 Å². The van der Waals surface area contributed by atoms with Gasteiger partial charge in [0.05, 0.1) is 30.2 Å². The van der Waals surface area contributed by atoms with Gasteiger partial charge in [-0.3, -0.25) is 4.79 Å². The molecule has 0 radical (unpaired) electrons. The maximum atomic E-state index is 12.3. The number of aromatic nitrogens is 3. The molecule has 2 heterocycles. The molecule has 1 aromatic carbocycles. The Hall–Kier alpha value is -2.21. The summed E-state index contributed by atoms with van der Waals surface area (Å²) in [5, 5.41) is 11.7. The Morgan fingerprint density at radius 1 is 1.17 bits per heavy atom. The number of hydrogen-bond acceptors (Lipinski definition) is 4. The van der Waals surface area contributed by atoms with Gasteiger partial charge in [-0.1, -0.05) is 36.3 Å². The van der Waals surface area contributed by atoms with Gasteiger partial charge in [-0.25, -0.2) is 4.68 Å². The minimum Gasteiger partial charge on any atom is -0.342 e. The number of nitrogens with zero attached hydrogens (tertiary/aromatic N) is 4. The van der Waals surface area contributed by atoms with E-state index < -0.39 is 0 Å². The summed E-state index contributed by atoms with van der Waals surface area (Å²) in [6.45, 7) is 4.13. The third-order valence-electron chi connectivity index (χ3n) is 4.49. The van der Waals surface area contributed by atoms with Crippen LogP contribution in [0, 0.1) is 0 Å². The van der Waals surface area contributed by atoms with E-state index in [-0.39, 0.29) is 11.9 Å².